The van der Waals surface area contributed by atoms with E-state index in [1.165, 1.54) is 12.8 Å². The predicted octanol–water partition coefficient (Wildman–Crippen LogP) is 2.72. The highest BCUT2D eigenvalue weighted by Crippen LogP contribution is 2.44. The molecule has 3 rings (SSSR count). The first kappa shape index (κ1) is 9.85. The zero-order valence-electron chi connectivity index (χ0n) is 9.66. The number of nitrogens with zero attached hydrogens (tertiary/aromatic N) is 1. The number of oxazole rings is 1. The molecule has 2 aromatic rings. The van der Waals surface area contributed by atoms with Crippen LogP contribution in [0.25, 0.3) is 11.1 Å². The van der Waals surface area contributed by atoms with E-state index in [4.69, 9.17) is 10.2 Å². The summed E-state index contributed by atoms with van der Waals surface area (Å²) in [5, 5.41) is 0. The second kappa shape index (κ2) is 3.08. The number of rotatable bonds is 2. The molecular weight excluding hydrogens is 200 g/mol. The standard InChI is InChI=1S/C13H16N2O/c1-8-4-3-5-10-11(8)16-12(15-10)13(2,14)9-6-7-9/h3-5,9H,6-7,14H2,1-2H3. The number of para-hydroxylation sites is 1. The van der Waals surface area contributed by atoms with Crippen LogP contribution in [0.1, 0.15) is 31.2 Å². The van der Waals surface area contributed by atoms with E-state index in [2.05, 4.69) is 4.98 Å². The van der Waals surface area contributed by atoms with E-state index in [1.807, 2.05) is 32.0 Å². The summed E-state index contributed by atoms with van der Waals surface area (Å²) in [7, 11) is 0. The number of aryl methyl sites for hydroxylation is 1. The minimum Gasteiger partial charge on any atom is -0.438 e. The molecule has 16 heavy (non-hydrogen) atoms. The lowest BCUT2D eigenvalue weighted by atomic mass is 9.97. The van der Waals surface area contributed by atoms with Crippen LogP contribution in [0, 0.1) is 12.8 Å². The van der Waals surface area contributed by atoms with Gasteiger partial charge in [0.15, 0.2) is 5.58 Å². The van der Waals surface area contributed by atoms with Gasteiger partial charge in [-0.05, 0) is 44.2 Å². The number of hydrogen-bond donors (Lipinski definition) is 1. The molecule has 1 atom stereocenters. The van der Waals surface area contributed by atoms with Crippen molar-refractivity contribution in [2.75, 3.05) is 0 Å². The van der Waals surface area contributed by atoms with E-state index in [9.17, 15) is 0 Å². The van der Waals surface area contributed by atoms with Gasteiger partial charge in [0.1, 0.15) is 5.52 Å². The fraction of sp³-hybridized carbons (Fsp3) is 0.462. The molecule has 1 aromatic heterocycles. The zero-order chi connectivity index (χ0) is 11.3. The van der Waals surface area contributed by atoms with Gasteiger partial charge >= 0.3 is 0 Å². The van der Waals surface area contributed by atoms with Gasteiger partial charge in [-0.1, -0.05) is 12.1 Å². The molecule has 3 nitrogen and oxygen atoms in total. The van der Waals surface area contributed by atoms with Crippen molar-refractivity contribution >= 4 is 11.1 Å². The zero-order valence-corrected chi connectivity index (χ0v) is 9.66. The van der Waals surface area contributed by atoms with Gasteiger partial charge in [-0.3, -0.25) is 0 Å². The van der Waals surface area contributed by atoms with Crippen molar-refractivity contribution in [2.24, 2.45) is 11.7 Å². The Morgan fingerprint density at radius 3 is 2.81 bits per heavy atom. The van der Waals surface area contributed by atoms with Gasteiger partial charge < -0.3 is 10.2 Å². The molecule has 0 radical (unpaired) electrons. The van der Waals surface area contributed by atoms with Crippen LogP contribution < -0.4 is 5.73 Å². The van der Waals surface area contributed by atoms with E-state index in [0.717, 1.165) is 16.7 Å². The summed E-state index contributed by atoms with van der Waals surface area (Å²) in [6, 6.07) is 6.00. The summed E-state index contributed by atoms with van der Waals surface area (Å²) in [4.78, 5) is 4.51. The van der Waals surface area contributed by atoms with E-state index < -0.39 is 5.54 Å². The molecule has 1 fully saturated rings. The summed E-state index contributed by atoms with van der Waals surface area (Å²) in [5.41, 5.74) is 8.78. The Bertz CT molecular complexity index is 538. The molecule has 0 bridgehead atoms. The van der Waals surface area contributed by atoms with Crippen molar-refractivity contribution in [3.05, 3.63) is 29.7 Å². The number of fused-ring (bicyclic) bond motifs is 1. The fourth-order valence-corrected chi connectivity index (χ4v) is 2.17. The Labute approximate surface area is 94.7 Å². The second-order valence-corrected chi connectivity index (χ2v) is 5.00. The van der Waals surface area contributed by atoms with Crippen molar-refractivity contribution in [3.63, 3.8) is 0 Å². The summed E-state index contributed by atoms with van der Waals surface area (Å²) in [5.74, 6) is 1.21. The van der Waals surface area contributed by atoms with Crippen molar-refractivity contribution in [2.45, 2.75) is 32.2 Å². The maximum Gasteiger partial charge on any atom is 0.215 e. The minimum absolute atomic E-state index is 0.411. The van der Waals surface area contributed by atoms with Gasteiger partial charge in [-0.25, -0.2) is 4.98 Å². The molecule has 1 aliphatic carbocycles. The van der Waals surface area contributed by atoms with Gasteiger partial charge in [0.05, 0.1) is 5.54 Å². The third kappa shape index (κ3) is 1.35. The topological polar surface area (TPSA) is 52.0 Å². The fourth-order valence-electron chi connectivity index (χ4n) is 2.17. The molecule has 84 valence electrons. The van der Waals surface area contributed by atoms with Crippen LogP contribution in [0.3, 0.4) is 0 Å². The molecule has 2 N–H and O–H groups in total. The van der Waals surface area contributed by atoms with Crippen LogP contribution in [0.5, 0.6) is 0 Å². The average Bonchev–Trinajstić information content (AvgIpc) is 2.99. The van der Waals surface area contributed by atoms with Crippen molar-refractivity contribution in [1.82, 2.24) is 4.98 Å². The molecule has 1 unspecified atom stereocenters. The number of benzene rings is 1. The van der Waals surface area contributed by atoms with E-state index in [1.54, 1.807) is 0 Å². The van der Waals surface area contributed by atoms with Crippen LogP contribution in [0.4, 0.5) is 0 Å². The third-order valence-corrected chi connectivity index (χ3v) is 3.50. The summed E-state index contributed by atoms with van der Waals surface area (Å²) < 4.78 is 5.83. The number of nitrogens with two attached hydrogens (primary N) is 1. The van der Waals surface area contributed by atoms with Crippen molar-refractivity contribution in [1.29, 1.82) is 0 Å². The highest BCUT2D eigenvalue weighted by molar-refractivity contribution is 5.76. The second-order valence-electron chi connectivity index (χ2n) is 5.00. The molecular formula is C13H16N2O. The van der Waals surface area contributed by atoms with E-state index in [-0.39, 0.29) is 0 Å². The van der Waals surface area contributed by atoms with E-state index in [0.29, 0.717) is 11.8 Å². The Balaban J connectivity index is 2.15. The lowest BCUT2D eigenvalue weighted by molar-refractivity contribution is 0.326. The first-order valence-electron chi connectivity index (χ1n) is 5.74. The van der Waals surface area contributed by atoms with E-state index >= 15 is 0 Å². The van der Waals surface area contributed by atoms with Gasteiger partial charge in [-0.15, -0.1) is 0 Å². The van der Waals surface area contributed by atoms with Gasteiger partial charge in [0.25, 0.3) is 0 Å². The average molecular weight is 216 g/mol. The minimum atomic E-state index is -0.411. The van der Waals surface area contributed by atoms with Gasteiger partial charge in [0, 0.05) is 0 Å². The molecule has 1 aromatic carbocycles. The summed E-state index contributed by atoms with van der Waals surface area (Å²) in [6.07, 6.45) is 2.37. The quantitative estimate of drug-likeness (QED) is 0.839. The molecule has 0 amide bonds. The Kier molecular flexibility index (Phi) is 1.89. The molecule has 3 heteroatoms. The van der Waals surface area contributed by atoms with Crippen LogP contribution >= 0.6 is 0 Å². The Morgan fingerprint density at radius 2 is 2.19 bits per heavy atom. The number of hydrogen-bond acceptors (Lipinski definition) is 3. The smallest absolute Gasteiger partial charge is 0.215 e. The van der Waals surface area contributed by atoms with Crippen LogP contribution in [-0.2, 0) is 5.54 Å². The monoisotopic (exact) mass is 216 g/mol. The summed E-state index contributed by atoms with van der Waals surface area (Å²) in [6.45, 7) is 4.05. The largest absolute Gasteiger partial charge is 0.438 e. The molecule has 1 saturated carbocycles. The lowest BCUT2D eigenvalue weighted by Gasteiger charge is -2.19. The SMILES string of the molecule is Cc1cccc2nc(C(C)(N)C3CC3)oc12. The normalized spacial score (nSPS) is 19.9. The molecule has 1 aliphatic rings. The van der Waals surface area contributed by atoms with Gasteiger partial charge in [-0.2, -0.15) is 0 Å². The maximum atomic E-state index is 6.30. The molecule has 1 heterocycles. The number of aromatic nitrogens is 1. The summed E-state index contributed by atoms with van der Waals surface area (Å²) >= 11 is 0. The Hall–Kier alpha value is -1.35. The van der Waals surface area contributed by atoms with Gasteiger partial charge in [0.2, 0.25) is 5.89 Å². The van der Waals surface area contributed by atoms with Crippen molar-refractivity contribution < 1.29 is 4.42 Å². The third-order valence-electron chi connectivity index (χ3n) is 3.50. The molecule has 0 spiro atoms. The first-order valence-corrected chi connectivity index (χ1v) is 5.74. The molecule has 0 aliphatic heterocycles. The predicted molar refractivity (Wildman–Crippen MR) is 63.0 cm³/mol. The lowest BCUT2D eigenvalue weighted by Crippen LogP contribution is -2.35. The highest BCUT2D eigenvalue weighted by atomic mass is 16.4. The van der Waals surface area contributed by atoms with Crippen LogP contribution in [0.2, 0.25) is 0 Å². The van der Waals surface area contributed by atoms with Crippen LogP contribution in [-0.4, -0.2) is 4.98 Å². The highest BCUT2D eigenvalue weighted by Gasteiger charge is 2.43. The molecule has 0 saturated heterocycles. The van der Waals surface area contributed by atoms with Crippen LogP contribution in [0.15, 0.2) is 22.6 Å². The van der Waals surface area contributed by atoms with Crippen molar-refractivity contribution in [3.8, 4) is 0 Å². The maximum absolute atomic E-state index is 6.30. The first-order chi connectivity index (χ1) is 7.59. The Morgan fingerprint density at radius 1 is 1.44 bits per heavy atom.